The quantitative estimate of drug-likeness (QED) is 0.700. The summed E-state index contributed by atoms with van der Waals surface area (Å²) in [5.41, 5.74) is 0. The predicted molar refractivity (Wildman–Crippen MR) is 75.7 cm³/mol. The molecule has 0 aromatic carbocycles. The molecule has 3 unspecified atom stereocenters. The molecule has 0 radical (unpaired) electrons. The second-order valence-corrected chi connectivity index (χ2v) is 5.79. The van der Waals surface area contributed by atoms with Gasteiger partial charge in [-0.2, -0.15) is 0 Å². The largest absolute Gasteiger partial charge is 0.481 e. The molecule has 2 aliphatic rings. The van der Waals surface area contributed by atoms with E-state index < -0.39 is 12.0 Å². The van der Waals surface area contributed by atoms with Gasteiger partial charge in [-0.25, -0.2) is 4.79 Å². The molecule has 3 atom stereocenters. The summed E-state index contributed by atoms with van der Waals surface area (Å²) in [6, 6.07) is -0.675. The molecule has 0 aromatic heterocycles. The number of aliphatic carboxylic acids is 1. The summed E-state index contributed by atoms with van der Waals surface area (Å²) in [7, 11) is 1.56. The molecule has 1 saturated heterocycles. The highest BCUT2D eigenvalue weighted by Gasteiger charge is 2.36. The third-order valence-electron chi connectivity index (χ3n) is 4.55. The number of rotatable bonds is 4. The van der Waals surface area contributed by atoms with Crippen molar-refractivity contribution in [3.05, 3.63) is 0 Å². The lowest BCUT2D eigenvalue weighted by molar-refractivity contribution is -0.142. The van der Waals surface area contributed by atoms with Crippen molar-refractivity contribution < 1.29 is 19.5 Å². The van der Waals surface area contributed by atoms with E-state index in [2.05, 4.69) is 10.6 Å². The molecule has 0 spiro atoms. The Balaban J connectivity index is 1.87. The molecule has 0 aromatic rings. The van der Waals surface area contributed by atoms with Crippen LogP contribution in [0.4, 0.5) is 4.79 Å². The van der Waals surface area contributed by atoms with Crippen molar-refractivity contribution in [2.24, 2.45) is 11.8 Å². The molecule has 1 saturated carbocycles. The zero-order valence-corrected chi connectivity index (χ0v) is 12.3. The number of nitrogens with zero attached hydrogens (tertiary/aromatic N) is 1. The van der Waals surface area contributed by atoms with E-state index in [0.29, 0.717) is 25.9 Å². The number of carbonyl (C=O) groups is 3. The number of likely N-dealkylation sites (N-methyl/N-ethyl adjacent to an activating group) is 1. The van der Waals surface area contributed by atoms with E-state index in [1.54, 1.807) is 11.9 Å². The molecular formula is C14H23N3O4. The lowest BCUT2D eigenvalue weighted by Crippen LogP contribution is -2.49. The Morgan fingerprint density at radius 2 is 1.95 bits per heavy atom. The first kappa shape index (κ1) is 15.6. The number of hydrogen-bond donors (Lipinski definition) is 3. The average Bonchev–Trinajstić information content (AvgIpc) is 3.12. The van der Waals surface area contributed by atoms with Gasteiger partial charge < -0.3 is 20.6 Å². The number of hydrogen-bond acceptors (Lipinski definition) is 3. The number of amides is 3. The Hall–Kier alpha value is -1.79. The maximum atomic E-state index is 12.2. The van der Waals surface area contributed by atoms with Crippen LogP contribution in [0.1, 0.15) is 32.1 Å². The van der Waals surface area contributed by atoms with Crippen LogP contribution in [0, 0.1) is 11.8 Å². The maximum Gasteiger partial charge on any atom is 0.318 e. The van der Waals surface area contributed by atoms with Gasteiger partial charge >= 0.3 is 12.0 Å². The van der Waals surface area contributed by atoms with Crippen molar-refractivity contribution in [3.63, 3.8) is 0 Å². The van der Waals surface area contributed by atoms with Gasteiger partial charge in [-0.05, 0) is 31.6 Å². The maximum absolute atomic E-state index is 12.2. The molecule has 1 aliphatic carbocycles. The summed E-state index contributed by atoms with van der Waals surface area (Å²) >= 11 is 0. The van der Waals surface area contributed by atoms with Crippen LogP contribution in [-0.2, 0) is 9.59 Å². The smallest absolute Gasteiger partial charge is 0.318 e. The van der Waals surface area contributed by atoms with Gasteiger partial charge in [-0.15, -0.1) is 0 Å². The fraction of sp³-hybridized carbons (Fsp3) is 0.786. The second-order valence-electron chi connectivity index (χ2n) is 5.79. The molecule has 2 fully saturated rings. The van der Waals surface area contributed by atoms with E-state index in [1.807, 2.05) is 0 Å². The van der Waals surface area contributed by atoms with Crippen molar-refractivity contribution in [2.45, 2.75) is 38.1 Å². The highest BCUT2D eigenvalue weighted by molar-refractivity contribution is 5.87. The van der Waals surface area contributed by atoms with Crippen LogP contribution >= 0.6 is 0 Å². The summed E-state index contributed by atoms with van der Waals surface area (Å²) < 4.78 is 0. The fourth-order valence-corrected chi connectivity index (χ4v) is 3.38. The summed E-state index contributed by atoms with van der Waals surface area (Å²) in [6.07, 6.45) is 3.89. The van der Waals surface area contributed by atoms with Crippen LogP contribution < -0.4 is 10.6 Å². The van der Waals surface area contributed by atoms with Crippen LogP contribution in [0.3, 0.4) is 0 Å². The van der Waals surface area contributed by atoms with Gasteiger partial charge in [0.05, 0.1) is 5.92 Å². The Labute approximate surface area is 124 Å². The summed E-state index contributed by atoms with van der Waals surface area (Å²) in [5, 5.41) is 14.5. The first-order valence-corrected chi connectivity index (χ1v) is 7.53. The van der Waals surface area contributed by atoms with Gasteiger partial charge in [0.1, 0.15) is 6.04 Å². The molecule has 1 aliphatic heterocycles. The van der Waals surface area contributed by atoms with E-state index in [0.717, 1.165) is 19.3 Å². The number of carboxylic acids is 1. The van der Waals surface area contributed by atoms with Gasteiger partial charge in [-0.3, -0.25) is 9.59 Å². The third-order valence-corrected chi connectivity index (χ3v) is 4.55. The van der Waals surface area contributed by atoms with Crippen LogP contribution in [0.25, 0.3) is 0 Å². The lowest BCUT2D eigenvalue weighted by atomic mass is 9.96. The molecule has 3 amide bonds. The Morgan fingerprint density at radius 1 is 1.19 bits per heavy atom. The van der Waals surface area contributed by atoms with E-state index >= 15 is 0 Å². The summed E-state index contributed by atoms with van der Waals surface area (Å²) in [4.78, 5) is 36.6. The first-order chi connectivity index (χ1) is 10.0. The fourth-order valence-electron chi connectivity index (χ4n) is 3.38. The zero-order chi connectivity index (χ0) is 15.4. The topological polar surface area (TPSA) is 98.7 Å². The van der Waals surface area contributed by atoms with Crippen molar-refractivity contribution in [1.29, 1.82) is 0 Å². The van der Waals surface area contributed by atoms with Gasteiger partial charge in [0.2, 0.25) is 5.91 Å². The van der Waals surface area contributed by atoms with Crippen LogP contribution in [0.2, 0.25) is 0 Å². The van der Waals surface area contributed by atoms with Gasteiger partial charge in [0, 0.05) is 20.1 Å². The van der Waals surface area contributed by atoms with Gasteiger partial charge in [-0.1, -0.05) is 6.42 Å². The van der Waals surface area contributed by atoms with Gasteiger partial charge in [0.25, 0.3) is 0 Å². The molecule has 7 heteroatoms. The zero-order valence-electron chi connectivity index (χ0n) is 12.3. The van der Waals surface area contributed by atoms with Crippen LogP contribution in [-0.4, -0.2) is 54.1 Å². The molecule has 0 bridgehead atoms. The average molecular weight is 297 g/mol. The number of urea groups is 1. The highest BCUT2D eigenvalue weighted by Crippen LogP contribution is 2.31. The number of likely N-dealkylation sites (tertiary alicyclic amines) is 1. The summed E-state index contributed by atoms with van der Waals surface area (Å²) in [5.74, 6) is -1.30. The molecule has 3 N–H and O–H groups in total. The monoisotopic (exact) mass is 297 g/mol. The Kier molecular flexibility index (Phi) is 5.03. The minimum atomic E-state index is -0.781. The molecule has 2 rings (SSSR count). The van der Waals surface area contributed by atoms with E-state index in [9.17, 15) is 14.4 Å². The lowest BCUT2D eigenvalue weighted by Gasteiger charge is -2.25. The molecule has 7 nitrogen and oxygen atoms in total. The van der Waals surface area contributed by atoms with Crippen molar-refractivity contribution >= 4 is 17.9 Å². The Bertz CT molecular complexity index is 426. The minimum Gasteiger partial charge on any atom is -0.481 e. The standard InChI is InChI=1S/C14H23N3O4/c1-15-12(18)11-6-3-7-17(11)14(21)16-8-9-4-2-5-10(9)13(19)20/h9-11H,2-8H2,1H3,(H,15,18)(H,16,21)(H,19,20). The van der Waals surface area contributed by atoms with Crippen LogP contribution in [0.5, 0.6) is 0 Å². The number of carbonyl (C=O) groups excluding carboxylic acids is 2. The minimum absolute atomic E-state index is 0.00694. The molecule has 21 heavy (non-hydrogen) atoms. The molecule has 1 heterocycles. The molecular weight excluding hydrogens is 274 g/mol. The van der Waals surface area contributed by atoms with Crippen molar-refractivity contribution in [3.8, 4) is 0 Å². The van der Waals surface area contributed by atoms with Crippen molar-refractivity contribution in [1.82, 2.24) is 15.5 Å². The summed E-state index contributed by atoms with van der Waals surface area (Å²) in [6.45, 7) is 0.934. The van der Waals surface area contributed by atoms with Crippen LogP contribution in [0.15, 0.2) is 0 Å². The normalized spacial score (nSPS) is 28.4. The third kappa shape index (κ3) is 3.46. The number of carboxylic acid groups (broad SMARTS) is 1. The number of nitrogens with one attached hydrogen (secondary N) is 2. The molecule has 118 valence electrons. The van der Waals surface area contributed by atoms with Gasteiger partial charge in [0.15, 0.2) is 0 Å². The van der Waals surface area contributed by atoms with E-state index in [4.69, 9.17) is 5.11 Å². The SMILES string of the molecule is CNC(=O)C1CCCN1C(=O)NCC1CCCC1C(=O)O. The first-order valence-electron chi connectivity index (χ1n) is 7.53. The predicted octanol–water partition coefficient (Wildman–Crippen LogP) is 0.407. The van der Waals surface area contributed by atoms with E-state index in [1.165, 1.54) is 0 Å². The highest BCUT2D eigenvalue weighted by atomic mass is 16.4. The van der Waals surface area contributed by atoms with E-state index in [-0.39, 0.29) is 23.8 Å². The van der Waals surface area contributed by atoms with Crippen molar-refractivity contribution in [2.75, 3.05) is 20.1 Å². The Morgan fingerprint density at radius 3 is 2.62 bits per heavy atom. The second kappa shape index (κ2) is 6.78.